The number of nitrogens with zero attached hydrogens (tertiary/aromatic N) is 3. The van der Waals surface area contributed by atoms with Crippen molar-refractivity contribution in [3.63, 3.8) is 0 Å². The third-order valence-electron chi connectivity index (χ3n) is 2.33. The van der Waals surface area contributed by atoms with Gasteiger partial charge in [-0.2, -0.15) is 0 Å². The Hall–Kier alpha value is -1.84. The average molecular weight is 203 g/mol. The van der Waals surface area contributed by atoms with Crippen LogP contribution in [0.2, 0.25) is 0 Å². The summed E-state index contributed by atoms with van der Waals surface area (Å²) in [6, 6.07) is 7.78. The molecule has 15 heavy (non-hydrogen) atoms. The summed E-state index contributed by atoms with van der Waals surface area (Å²) in [6.07, 6.45) is 1.70. The van der Waals surface area contributed by atoms with Crippen molar-refractivity contribution in [2.45, 2.75) is 6.54 Å². The topological polar surface area (TPSA) is 38.1 Å². The molecule has 4 nitrogen and oxygen atoms in total. The van der Waals surface area contributed by atoms with Crippen LogP contribution in [0.1, 0.15) is 0 Å². The molecule has 0 N–H and O–H groups in total. The van der Waals surface area contributed by atoms with E-state index in [0.717, 1.165) is 11.0 Å². The highest BCUT2D eigenvalue weighted by molar-refractivity contribution is 5.80. The molecule has 1 heterocycles. The third-order valence-corrected chi connectivity index (χ3v) is 2.33. The molecule has 0 bridgehead atoms. The molecule has 0 saturated carbocycles. The lowest BCUT2D eigenvalue weighted by Crippen LogP contribution is -2.25. The van der Waals surface area contributed by atoms with Gasteiger partial charge in [0.25, 0.3) is 0 Å². The molecule has 0 atom stereocenters. The van der Waals surface area contributed by atoms with Crippen molar-refractivity contribution in [1.82, 2.24) is 14.5 Å². The molecule has 1 aromatic heterocycles. The Bertz CT molecular complexity index is 487. The van der Waals surface area contributed by atoms with Gasteiger partial charge in [-0.3, -0.25) is 4.79 Å². The first-order chi connectivity index (χ1) is 7.18. The van der Waals surface area contributed by atoms with Crippen molar-refractivity contribution in [3.8, 4) is 0 Å². The molecule has 0 aliphatic carbocycles. The van der Waals surface area contributed by atoms with Gasteiger partial charge < -0.3 is 9.47 Å². The summed E-state index contributed by atoms with van der Waals surface area (Å²) in [5, 5.41) is 0. The number of fused-ring (bicyclic) bond motifs is 1. The monoisotopic (exact) mass is 203 g/mol. The molecular weight excluding hydrogens is 190 g/mol. The van der Waals surface area contributed by atoms with Crippen LogP contribution in [0.4, 0.5) is 0 Å². The van der Waals surface area contributed by atoms with Gasteiger partial charge in [0.1, 0.15) is 6.54 Å². The second kappa shape index (κ2) is 3.73. The second-order valence-electron chi connectivity index (χ2n) is 3.65. The predicted molar refractivity (Wildman–Crippen MR) is 58.4 cm³/mol. The average Bonchev–Trinajstić information content (AvgIpc) is 2.62. The summed E-state index contributed by atoms with van der Waals surface area (Å²) in [5.74, 6) is 0.0677. The lowest BCUT2D eigenvalue weighted by Gasteiger charge is -2.10. The van der Waals surface area contributed by atoms with Gasteiger partial charge in [0.15, 0.2) is 0 Å². The smallest absolute Gasteiger partial charge is 0.242 e. The maximum Gasteiger partial charge on any atom is 0.242 e. The van der Waals surface area contributed by atoms with Gasteiger partial charge in [-0.1, -0.05) is 12.1 Å². The molecule has 1 amide bonds. The number of hydrogen-bond donors (Lipinski definition) is 0. The minimum absolute atomic E-state index is 0.0677. The summed E-state index contributed by atoms with van der Waals surface area (Å²) in [6.45, 7) is 0.341. The zero-order valence-corrected chi connectivity index (χ0v) is 8.84. The fraction of sp³-hybridized carbons (Fsp3) is 0.273. The third kappa shape index (κ3) is 1.83. The molecule has 1 aromatic carbocycles. The number of para-hydroxylation sites is 2. The molecule has 4 heteroatoms. The fourth-order valence-electron chi connectivity index (χ4n) is 1.42. The van der Waals surface area contributed by atoms with E-state index in [1.807, 2.05) is 28.8 Å². The van der Waals surface area contributed by atoms with E-state index in [1.54, 1.807) is 25.3 Å². The molecule has 0 unspecified atom stereocenters. The number of amides is 1. The number of carbonyl (C=O) groups excluding carboxylic acids is 1. The zero-order chi connectivity index (χ0) is 10.8. The molecule has 2 rings (SSSR count). The molecule has 0 aliphatic rings. The van der Waals surface area contributed by atoms with Crippen molar-refractivity contribution < 1.29 is 4.79 Å². The van der Waals surface area contributed by atoms with Gasteiger partial charge in [-0.25, -0.2) is 4.98 Å². The number of aromatic nitrogens is 2. The first kappa shape index (κ1) is 9.71. The van der Waals surface area contributed by atoms with Crippen LogP contribution in [-0.2, 0) is 11.3 Å². The summed E-state index contributed by atoms with van der Waals surface area (Å²) in [7, 11) is 3.50. The van der Waals surface area contributed by atoms with Crippen LogP contribution in [0.15, 0.2) is 30.6 Å². The fourth-order valence-corrected chi connectivity index (χ4v) is 1.42. The van der Waals surface area contributed by atoms with Crippen LogP contribution in [0, 0.1) is 0 Å². The summed E-state index contributed by atoms with van der Waals surface area (Å²) < 4.78 is 1.86. The van der Waals surface area contributed by atoms with Crippen LogP contribution in [0.25, 0.3) is 11.0 Å². The Morgan fingerprint density at radius 3 is 2.87 bits per heavy atom. The van der Waals surface area contributed by atoms with Gasteiger partial charge >= 0.3 is 0 Å². The molecule has 0 saturated heterocycles. The highest BCUT2D eigenvalue weighted by Crippen LogP contribution is 2.11. The normalized spacial score (nSPS) is 10.5. The van der Waals surface area contributed by atoms with E-state index in [2.05, 4.69) is 4.98 Å². The quantitative estimate of drug-likeness (QED) is 0.733. The number of benzene rings is 1. The van der Waals surface area contributed by atoms with Crippen molar-refractivity contribution in [3.05, 3.63) is 30.6 Å². The number of hydrogen-bond acceptors (Lipinski definition) is 2. The molecule has 0 radical (unpaired) electrons. The maximum absolute atomic E-state index is 11.5. The van der Waals surface area contributed by atoms with E-state index >= 15 is 0 Å². The van der Waals surface area contributed by atoms with Crippen LogP contribution in [-0.4, -0.2) is 34.5 Å². The Morgan fingerprint density at radius 2 is 2.13 bits per heavy atom. The number of imidazole rings is 1. The minimum atomic E-state index is 0.0677. The summed E-state index contributed by atoms with van der Waals surface area (Å²) >= 11 is 0. The molecule has 0 fully saturated rings. The lowest BCUT2D eigenvalue weighted by atomic mass is 10.3. The van der Waals surface area contributed by atoms with Crippen molar-refractivity contribution in [2.75, 3.05) is 14.1 Å². The minimum Gasteiger partial charge on any atom is -0.347 e. The van der Waals surface area contributed by atoms with E-state index in [1.165, 1.54) is 0 Å². The predicted octanol–water partition coefficient (Wildman–Crippen LogP) is 1.12. The van der Waals surface area contributed by atoms with Crippen molar-refractivity contribution in [1.29, 1.82) is 0 Å². The van der Waals surface area contributed by atoms with Crippen LogP contribution in [0.5, 0.6) is 0 Å². The van der Waals surface area contributed by atoms with Gasteiger partial charge in [0, 0.05) is 14.1 Å². The van der Waals surface area contributed by atoms with E-state index in [9.17, 15) is 4.79 Å². The van der Waals surface area contributed by atoms with E-state index in [4.69, 9.17) is 0 Å². The zero-order valence-electron chi connectivity index (χ0n) is 8.84. The second-order valence-corrected chi connectivity index (χ2v) is 3.65. The van der Waals surface area contributed by atoms with E-state index in [-0.39, 0.29) is 5.91 Å². The summed E-state index contributed by atoms with van der Waals surface area (Å²) in [4.78, 5) is 17.3. The highest BCUT2D eigenvalue weighted by Gasteiger charge is 2.07. The molecular formula is C11H13N3O. The molecule has 2 aromatic rings. The Kier molecular flexibility index (Phi) is 2.41. The number of rotatable bonds is 2. The molecule has 0 spiro atoms. The molecule has 78 valence electrons. The van der Waals surface area contributed by atoms with Crippen LogP contribution < -0.4 is 0 Å². The highest BCUT2D eigenvalue weighted by atomic mass is 16.2. The van der Waals surface area contributed by atoms with Gasteiger partial charge in [0.05, 0.1) is 17.4 Å². The van der Waals surface area contributed by atoms with Gasteiger partial charge in [0.2, 0.25) is 5.91 Å². The van der Waals surface area contributed by atoms with Gasteiger partial charge in [-0.05, 0) is 12.1 Å². The Labute approximate surface area is 88.1 Å². The first-order valence-corrected chi connectivity index (χ1v) is 4.78. The summed E-state index contributed by atoms with van der Waals surface area (Å²) in [5.41, 5.74) is 1.91. The largest absolute Gasteiger partial charge is 0.347 e. The van der Waals surface area contributed by atoms with Crippen LogP contribution in [0.3, 0.4) is 0 Å². The maximum atomic E-state index is 11.5. The number of carbonyl (C=O) groups is 1. The van der Waals surface area contributed by atoms with E-state index < -0.39 is 0 Å². The number of likely N-dealkylation sites (N-methyl/N-ethyl adjacent to an activating group) is 1. The lowest BCUT2D eigenvalue weighted by molar-refractivity contribution is -0.129. The van der Waals surface area contributed by atoms with Crippen molar-refractivity contribution in [2.24, 2.45) is 0 Å². The molecule has 0 aliphatic heterocycles. The van der Waals surface area contributed by atoms with Crippen LogP contribution >= 0.6 is 0 Å². The SMILES string of the molecule is CN(C)C(=O)Cn1cnc2ccccc21. The van der Waals surface area contributed by atoms with Gasteiger partial charge in [-0.15, -0.1) is 0 Å². The Balaban J connectivity index is 2.33. The standard InChI is InChI=1S/C11H13N3O/c1-13(2)11(15)7-14-8-12-9-5-3-4-6-10(9)14/h3-6,8H,7H2,1-2H3. The van der Waals surface area contributed by atoms with E-state index in [0.29, 0.717) is 6.54 Å². The Morgan fingerprint density at radius 1 is 1.40 bits per heavy atom. The first-order valence-electron chi connectivity index (χ1n) is 4.78. The van der Waals surface area contributed by atoms with Crippen molar-refractivity contribution >= 4 is 16.9 Å².